The first-order valence-electron chi connectivity index (χ1n) is 6.97. The molecule has 0 radical (unpaired) electrons. The second-order valence-corrected chi connectivity index (χ2v) is 5.11. The second kappa shape index (κ2) is 5.89. The largest absolute Gasteiger partial charge is 0.327 e. The first kappa shape index (κ1) is 13.5. The van der Waals surface area contributed by atoms with Crippen LogP contribution in [0.3, 0.4) is 0 Å². The molecule has 0 bridgehead atoms. The highest BCUT2D eigenvalue weighted by Gasteiger charge is 2.13. The lowest BCUT2D eigenvalue weighted by Crippen LogP contribution is -2.17. The lowest BCUT2D eigenvalue weighted by molar-refractivity contribution is 0.683. The standard InChI is InChI=1S/C17H18N4/c1-13-6-5-9-15(20-13)11-21-12-19-10-16(21)17(18)14-7-3-2-4-8-14/h2-10,12,17H,11,18H2,1H3. The van der Waals surface area contributed by atoms with Gasteiger partial charge in [-0.25, -0.2) is 4.98 Å². The Kier molecular flexibility index (Phi) is 3.79. The molecule has 0 aliphatic carbocycles. The third-order valence-electron chi connectivity index (χ3n) is 3.50. The van der Waals surface area contributed by atoms with Crippen molar-refractivity contribution in [2.45, 2.75) is 19.5 Å². The van der Waals surface area contributed by atoms with E-state index in [-0.39, 0.29) is 6.04 Å². The number of aromatic nitrogens is 3. The van der Waals surface area contributed by atoms with E-state index in [1.807, 2.05) is 68.0 Å². The van der Waals surface area contributed by atoms with E-state index in [0.29, 0.717) is 6.54 Å². The van der Waals surface area contributed by atoms with Crippen LogP contribution in [0.2, 0.25) is 0 Å². The smallest absolute Gasteiger partial charge is 0.0952 e. The predicted molar refractivity (Wildman–Crippen MR) is 82.8 cm³/mol. The Morgan fingerprint density at radius 3 is 2.67 bits per heavy atom. The number of benzene rings is 1. The molecule has 2 N–H and O–H groups in total. The third kappa shape index (κ3) is 3.01. The molecular weight excluding hydrogens is 260 g/mol. The number of hydrogen-bond acceptors (Lipinski definition) is 3. The average Bonchev–Trinajstić information content (AvgIpc) is 2.95. The highest BCUT2D eigenvalue weighted by Crippen LogP contribution is 2.19. The van der Waals surface area contributed by atoms with Gasteiger partial charge in [-0.1, -0.05) is 36.4 Å². The van der Waals surface area contributed by atoms with Crippen LogP contribution in [0.25, 0.3) is 0 Å². The fourth-order valence-corrected chi connectivity index (χ4v) is 2.42. The summed E-state index contributed by atoms with van der Waals surface area (Å²) in [6.45, 7) is 2.67. The molecular formula is C17H18N4. The van der Waals surface area contributed by atoms with Crippen LogP contribution in [0, 0.1) is 6.92 Å². The Morgan fingerprint density at radius 1 is 1.10 bits per heavy atom. The van der Waals surface area contributed by atoms with Gasteiger partial charge in [0.2, 0.25) is 0 Å². The van der Waals surface area contributed by atoms with E-state index in [1.165, 1.54) is 0 Å². The number of hydrogen-bond donors (Lipinski definition) is 1. The van der Waals surface area contributed by atoms with Gasteiger partial charge in [-0.3, -0.25) is 4.98 Å². The van der Waals surface area contributed by atoms with Crippen LogP contribution in [0.15, 0.2) is 61.1 Å². The summed E-state index contributed by atoms with van der Waals surface area (Å²) in [4.78, 5) is 8.77. The Bertz CT molecular complexity index is 718. The van der Waals surface area contributed by atoms with Crippen molar-refractivity contribution in [3.63, 3.8) is 0 Å². The third-order valence-corrected chi connectivity index (χ3v) is 3.50. The van der Waals surface area contributed by atoms with E-state index in [2.05, 4.69) is 14.5 Å². The van der Waals surface area contributed by atoms with Gasteiger partial charge >= 0.3 is 0 Å². The molecule has 1 unspecified atom stereocenters. The molecule has 2 heterocycles. The number of imidazole rings is 1. The first-order chi connectivity index (χ1) is 10.2. The van der Waals surface area contributed by atoms with Crippen molar-refractivity contribution in [2.24, 2.45) is 5.73 Å². The molecule has 0 amide bonds. The summed E-state index contributed by atoms with van der Waals surface area (Å²) in [5.41, 5.74) is 10.5. The Labute approximate surface area is 124 Å². The monoisotopic (exact) mass is 278 g/mol. The zero-order chi connectivity index (χ0) is 14.7. The summed E-state index contributed by atoms with van der Waals surface area (Å²) in [7, 11) is 0. The molecule has 0 saturated heterocycles. The van der Waals surface area contributed by atoms with Crippen molar-refractivity contribution in [1.29, 1.82) is 0 Å². The molecule has 3 aromatic rings. The Hall–Kier alpha value is -2.46. The van der Waals surface area contributed by atoms with Crippen molar-refractivity contribution in [2.75, 3.05) is 0 Å². The van der Waals surface area contributed by atoms with Crippen molar-refractivity contribution in [3.05, 3.63) is 83.7 Å². The normalized spacial score (nSPS) is 12.3. The fraction of sp³-hybridized carbons (Fsp3) is 0.176. The molecule has 0 aliphatic rings. The Morgan fingerprint density at radius 2 is 1.90 bits per heavy atom. The van der Waals surface area contributed by atoms with Gasteiger partial charge in [0.25, 0.3) is 0 Å². The van der Waals surface area contributed by atoms with Gasteiger partial charge in [-0.2, -0.15) is 0 Å². The van der Waals surface area contributed by atoms with Gasteiger partial charge in [0, 0.05) is 5.69 Å². The molecule has 1 atom stereocenters. The van der Waals surface area contributed by atoms with Gasteiger partial charge in [-0.05, 0) is 24.6 Å². The number of aryl methyl sites for hydroxylation is 1. The lowest BCUT2D eigenvalue weighted by Gasteiger charge is -2.15. The van der Waals surface area contributed by atoms with Crippen LogP contribution in [0.4, 0.5) is 0 Å². The minimum Gasteiger partial charge on any atom is -0.327 e. The van der Waals surface area contributed by atoms with E-state index in [9.17, 15) is 0 Å². The average molecular weight is 278 g/mol. The molecule has 21 heavy (non-hydrogen) atoms. The number of rotatable bonds is 4. The predicted octanol–water partition coefficient (Wildman–Crippen LogP) is 2.68. The SMILES string of the molecule is Cc1cccc(Cn2cncc2C(N)c2ccccc2)n1. The second-order valence-electron chi connectivity index (χ2n) is 5.11. The summed E-state index contributed by atoms with van der Waals surface area (Å²) >= 11 is 0. The molecule has 0 spiro atoms. The van der Waals surface area contributed by atoms with Crippen molar-refractivity contribution >= 4 is 0 Å². The van der Waals surface area contributed by atoms with Crippen LogP contribution in [0.5, 0.6) is 0 Å². The summed E-state index contributed by atoms with van der Waals surface area (Å²) in [6, 6.07) is 15.9. The van der Waals surface area contributed by atoms with E-state index in [4.69, 9.17) is 5.73 Å². The molecule has 1 aromatic carbocycles. The molecule has 4 heteroatoms. The number of nitrogens with zero attached hydrogens (tertiary/aromatic N) is 3. The van der Waals surface area contributed by atoms with Crippen LogP contribution < -0.4 is 5.73 Å². The molecule has 2 aromatic heterocycles. The van der Waals surface area contributed by atoms with Crippen LogP contribution >= 0.6 is 0 Å². The summed E-state index contributed by atoms with van der Waals surface area (Å²) in [5.74, 6) is 0. The maximum absolute atomic E-state index is 6.36. The zero-order valence-electron chi connectivity index (χ0n) is 12.0. The minimum atomic E-state index is -0.182. The van der Waals surface area contributed by atoms with Gasteiger partial charge < -0.3 is 10.3 Å². The van der Waals surface area contributed by atoms with E-state index < -0.39 is 0 Å². The maximum Gasteiger partial charge on any atom is 0.0952 e. The first-order valence-corrected chi connectivity index (χ1v) is 6.97. The van der Waals surface area contributed by atoms with Crippen molar-refractivity contribution in [1.82, 2.24) is 14.5 Å². The molecule has 0 fully saturated rings. The quantitative estimate of drug-likeness (QED) is 0.798. The topological polar surface area (TPSA) is 56.7 Å². The summed E-state index contributed by atoms with van der Waals surface area (Å²) in [6.07, 6.45) is 3.63. The van der Waals surface area contributed by atoms with Gasteiger partial charge in [0.15, 0.2) is 0 Å². The van der Waals surface area contributed by atoms with E-state index >= 15 is 0 Å². The summed E-state index contributed by atoms with van der Waals surface area (Å²) in [5, 5.41) is 0. The molecule has 0 aliphatic heterocycles. The van der Waals surface area contributed by atoms with Crippen molar-refractivity contribution in [3.8, 4) is 0 Å². The zero-order valence-corrected chi connectivity index (χ0v) is 12.0. The number of nitrogens with two attached hydrogens (primary N) is 1. The molecule has 3 rings (SSSR count). The van der Waals surface area contributed by atoms with Crippen LogP contribution in [-0.2, 0) is 6.54 Å². The van der Waals surface area contributed by atoms with Crippen molar-refractivity contribution < 1.29 is 0 Å². The van der Waals surface area contributed by atoms with E-state index in [1.54, 1.807) is 0 Å². The Balaban J connectivity index is 1.87. The van der Waals surface area contributed by atoms with Gasteiger partial charge in [-0.15, -0.1) is 0 Å². The van der Waals surface area contributed by atoms with E-state index in [0.717, 1.165) is 22.6 Å². The fourth-order valence-electron chi connectivity index (χ4n) is 2.42. The molecule has 4 nitrogen and oxygen atoms in total. The highest BCUT2D eigenvalue weighted by atomic mass is 15.1. The highest BCUT2D eigenvalue weighted by molar-refractivity contribution is 5.27. The van der Waals surface area contributed by atoms with Gasteiger partial charge in [0.1, 0.15) is 0 Å². The lowest BCUT2D eigenvalue weighted by atomic mass is 10.1. The minimum absolute atomic E-state index is 0.182. The maximum atomic E-state index is 6.36. The number of pyridine rings is 1. The molecule has 0 saturated carbocycles. The molecule has 106 valence electrons. The summed E-state index contributed by atoms with van der Waals surface area (Å²) < 4.78 is 2.06. The van der Waals surface area contributed by atoms with Crippen LogP contribution in [-0.4, -0.2) is 14.5 Å². The van der Waals surface area contributed by atoms with Crippen LogP contribution in [0.1, 0.15) is 28.7 Å². The van der Waals surface area contributed by atoms with Gasteiger partial charge in [0.05, 0.1) is 36.5 Å².